The van der Waals surface area contributed by atoms with Crippen molar-refractivity contribution < 1.29 is 0 Å². The Hall–Kier alpha value is -13.9. The second kappa shape index (κ2) is 25.8. The molecule has 0 spiro atoms. The lowest BCUT2D eigenvalue weighted by Crippen LogP contribution is -2.28. The molecule has 0 radical (unpaired) electrons. The Labute approximate surface area is 590 Å². The molecule has 14 aromatic carbocycles. The van der Waals surface area contributed by atoms with Crippen molar-refractivity contribution in [2.24, 2.45) is 0 Å². The quantitative estimate of drug-likeness (QED) is 0.119. The second-order valence-electron chi connectivity index (χ2n) is 25.6. The van der Waals surface area contributed by atoms with Crippen LogP contribution in [0.5, 0.6) is 0 Å². The molecule has 4 aromatic heterocycles. The number of hydrogen-bond acceptors (Lipinski definition) is 7. The van der Waals surface area contributed by atoms with Gasteiger partial charge in [0, 0.05) is 44.2 Å². The van der Waals surface area contributed by atoms with E-state index in [-0.39, 0.29) is 0 Å². The monoisotopic (exact) mass is 1300 g/mol. The highest BCUT2D eigenvalue weighted by Crippen LogP contribution is 2.58. The van der Waals surface area contributed by atoms with Crippen LogP contribution >= 0.6 is 0 Å². The topological polar surface area (TPSA) is 106 Å². The zero-order valence-corrected chi connectivity index (χ0v) is 55.2. The van der Waals surface area contributed by atoms with Gasteiger partial charge in [0.1, 0.15) is 5.65 Å². The maximum Gasteiger partial charge on any atom is 0.164 e. The van der Waals surface area contributed by atoms with Gasteiger partial charge in [-0.25, -0.2) is 29.9 Å². The minimum absolute atomic E-state index is 0.538. The molecule has 8 nitrogen and oxygen atoms in total. The fourth-order valence-corrected chi connectivity index (χ4v) is 14.8. The van der Waals surface area contributed by atoms with Crippen LogP contribution < -0.4 is 0 Å². The summed E-state index contributed by atoms with van der Waals surface area (Å²) in [5.74, 6) is 2.59. The standard InChI is InChI=1S/C53H34N4.C41H26N4/c54-35-36-25-27-37(28-26-36)46-34-49-47(44-23-13-14-24-48(44)53(49,42-19-9-3-10-20-42)43-21-11-4-12-22-43)33-45(46)38-29-31-41(32-30-38)52-56-50(39-15-5-1-6-16-39)55-51(57-52)40-17-7-2-8-18-40;1-3-11-28(12-4-1)36-26-37(43-40(42-36)30-13-5-2-6-14-30)29-21-19-27(20-22-29)31-23-24-32-33-15-7-9-17-38(33)45-39-18-10-8-16-35(39)44-41(45)34(32)25-31/h1-34H;1-26H. The first-order valence-electron chi connectivity index (χ1n) is 34.2. The van der Waals surface area contributed by atoms with Crippen molar-refractivity contribution in [1.29, 1.82) is 5.26 Å². The molecule has 476 valence electrons. The van der Waals surface area contributed by atoms with Gasteiger partial charge in [-0.15, -0.1) is 0 Å². The van der Waals surface area contributed by atoms with Gasteiger partial charge in [-0.05, 0) is 127 Å². The van der Waals surface area contributed by atoms with E-state index in [2.05, 4.69) is 265 Å². The lowest BCUT2D eigenvalue weighted by molar-refractivity contribution is 0.769. The van der Waals surface area contributed by atoms with Crippen LogP contribution in [0.1, 0.15) is 27.8 Å². The molecule has 4 heterocycles. The van der Waals surface area contributed by atoms with Crippen LogP contribution in [0.2, 0.25) is 0 Å². The van der Waals surface area contributed by atoms with Gasteiger partial charge in [-0.3, -0.25) is 4.40 Å². The third-order valence-electron chi connectivity index (χ3n) is 19.7. The Balaban J connectivity index is 0.000000150. The summed E-state index contributed by atoms with van der Waals surface area (Å²) in [6.07, 6.45) is 0. The highest BCUT2D eigenvalue weighted by atomic mass is 15.0. The highest BCUT2D eigenvalue weighted by Gasteiger charge is 2.46. The highest BCUT2D eigenvalue weighted by molar-refractivity contribution is 6.14. The van der Waals surface area contributed by atoms with Crippen molar-refractivity contribution in [3.8, 4) is 119 Å². The van der Waals surface area contributed by atoms with Crippen LogP contribution in [0.25, 0.3) is 151 Å². The maximum absolute atomic E-state index is 9.70. The maximum atomic E-state index is 9.70. The van der Waals surface area contributed by atoms with Crippen LogP contribution in [0.15, 0.2) is 364 Å². The van der Waals surface area contributed by atoms with Gasteiger partial charge in [0.15, 0.2) is 23.3 Å². The predicted octanol–water partition coefficient (Wildman–Crippen LogP) is 22.7. The van der Waals surface area contributed by atoms with Crippen LogP contribution in [0.3, 0.4) is 0 Å². The summed E-state index contributed by atoms with van der Waals surface area (Å²) in [7, 11) is 0. The molecule has 18 aromatic rings. The summed E-state index contributed by atoms with van der Waals surface area (Å²) in [5.41, 5.74) is 25.9. The zero-order chi connectivity index (χ0) is 67.9. The van der Waals surface area contributed by atoms with Crippen molar-refractivity contribution in [2.75, 3.05) is 0 Å². The third kappa shape index (κ3) is 10.8. The van der Waals surface area contributed by atoms with Gasteiger partial charge in [-0.2, -0.15) is 5.26 Å². The molecule has 19 rings (SSSR count). The van der Waals surface area contributed by atoms with E-state index in [1.165, 1.54) is 49.7 Å². The third-order valence-corrected chi connectivity index (χ3v) is 19.7. The molecule has 0 fully saturated rings. The number of aromatic nitrogens is 7. The number of fused-ring (bicyclic) bond motifs is 11. The number of pyridine rings is 1. The van der Waals surface area contributed by atoms with Gasteiger partial charge in [0.05, 0.1) is 45.0 Å². The van der Waals surface area contributed by atoms with Gasteiger partial charge in [0.25, 0.3) is 0 Å². The van der Waals surface area contributed by atoms with E-state index in [1.54, 1.807) is 0 Å². The molecule has 1 aliphatic carbocycles. The molecule has 1 aliphatic rings. The first-order valence-corrected chi connectivity index (χ1v) is 34.2. The molecule has 0 saturated carbocycles. The smallest absolute Gasteiger partial charge is 0.164 e. The minimum Gasteiger partial charge on any atom is -0.292 e. The lowest BCUT2D eigenvalue weighted by atomic mass is 9.67. The number of hydrogen-bond donors (Lipinski definition) is 0. The van der Waals surface area contributed by atoms with Crippen LogP contribution in [0, 0.1) is 11.3 Å². The first kappa shape index (κ1) is 60.5. The Bertz CT molecular complexity index is 6050. The summed E-state index contributed by atoms with van der Waals surface area (Å²) in [6.45, 7) is 0. The van der Waals surface area contributed by atoms with E-state index in [9.17, 15) is 5.26 Å². The van der Waals surface area contributed by atoms with E-state index in [0.717, 1.165) is 100 Å². The Kier molecular flexibility index (Phi) is 15.3. The summed E-state index contributed by atoms with van der Waals surface area (Å²) < 4.78 is 2.30. The fourth-order valence-electron chi connectivity index (χ4n) is 14.8. The summed E-state index contributed by atoms with van der Waals surface area (Å²) in [4.78, 5) is 29.9. The molecular weight excluding hydrogens is 1240 g/mol. The van der Waals surface area contributed by atoms with Gasteiger partial charge in [0.2, 0.25) is 0 Å². The van der Waals surface area contributed by atoms with E-state index >= 15 is 0 Å². The molecule has 0 amide bonds. The Morgan fingerprint density at radius 2 is 0.676 bits per heavy atom. The SMILES string of the molecule is N#Cc1ccc(-c2cc3c(cc2-c2ccc(-c4nc(-c5ccccc5)nc(-c5ccccc5)n4)cc2)-c2ccccc2C3(c2ccccc2)c2ccccc2)cc1.c1ccc(-c2cc(-c3ccc(-c4ccc5c6ccccc6n6c7ccccc7nc6c5c4)cc3)nc(-c3ccccc3)n2)cc1. The number of benzene rings is 14. The summed E-state index contributed by atoms with van der Waals surface area (Å²) in [6, 6.07) is 129. The zero-order valence-electron chi connectivity index (χ0n) is 55.2. The predicted molar refractivity (Wildman–Crippen MR) is 414 cm³/mol. The van der Waals surface area contributed by atoms with E-state index < -0.39 is 5.41 Å². The number of rotatable bonds is 11. The second-order valence-corrected chi connectivity index (χ2v) is 25.6. The normalized spacial score (nSPS) is 12.0. The van der Waals surface area contributed by atoms with Crippen LogP contribution in [-0.2, 0) is 5.41 Å². The van der Waals surface area contributed by atoms with E-state index in [0.29, 0.717) is 28.9 Å². The number of nitrogens with zero attached hydrogens (tertiary/aromatic N) is 8. The Morgan fingerprint density at radius 1 is 0.255 bits per heavy atom. The average molecular weight is 1300 g/mol. The summed E-state index contributed by atoms with van der Waals surface area (Å²) >= 11 is 0. The number of imidazole rings is 1. The van der Waals surface area contributed by atoms with E-state index in [4.69, 9.17) is 29.9 Å². The Morgan fingerprint density at radius 3 is 1.25 bits per heavy atom. The average Bonchev–Trinajstić information content (AvgIpc) is 1.53. The number of para-hydroxylation sites is 3. The first-order chi connectivity index (χ1) is 50.5. The van der Waals surface area contributed by atoms with Crippen molar-refractivity contribution in [2.45, 2.75) is 5.41 Å². The molecule has 0 N–H and O–H groups in total. The van der Waals surface area contributed by atoms with Crippen molar-refractivity contribution >= 4 is 38.4 Å². The van der Waals surface area contributed by atoms with Crippen LogP contribution in [-0.4, -0.2) is 34.3 Å². The molecule has 0 atom stereocenters. The lowest BCUT2D eigenvalue weighted by Gasteiger charge is -2.34. The molecule has 0 unspecified atom stereocenters. The fraction of sp³-hybridized carbons (Fsp3) is 0.0106. The van der Waals surface area contributed by atoms with Gasteiger partial charge < -0.3 is 0 Å². The molecule has 0 aliphatic heterocycles. The van der Waals surface area contributed by atoms with E-state index in [1.807, 2.05) is 109 Å². The molecule has 102 heavy (non-hydrogen) atoms. The largest absolute Gasteiger partial charge is 0.292 e. The van der Waals surface area contributed by atoms with Crippen molar-refractivity contribution in [3.63, 3.8) is 0 Å². The van der Waals surface area contributed by atoms with Gasteiger partial charge >= 0.3 is 0 Å². The molecule has 0 bridgehead atoms. The van der Waals surface area contributed by atoms with Gasteiger partial charge in [-0.1, -0.05) is 309 Å². The number of nitriles is 1. The minimum atomic E-state index is -0.538. The molecule has 0 saturated heterocycles. The molecular formula is C94H60N8. The summed E-state index contributed by atoms with van der Waals surface area (Å²) in [5, 5.41) is 13.3. The van der Waals surface area contributed by atoms with Crippen molar-refractivity contribution in [1.82, 2.24) is 34.3 Å². The van der Waals surface area contributed by atoms with Crippen LogP contribution in [0.4, 0.5) is 0 Å². The molecule has 8 heteroatoms. The van der Waals surface area contributed by atoms with Crippen molar-refractivity contribution in [3.05, 3.63) is 392 Å².